The van der Waals surface area contributed by atoms with Gasteiger partial charge in [-0.15, -0.1) is 11.3 Å². The molecule has 0 saturated carbocycles. The van der Waals surface area contributed by atoms with Crippen LogP contribution in [0.3, 0.4) is 0 Å². The molecule has 0 atom stereocenters. The lowest BCUT2D eigenvalue weighted by Crippen LogP contribution is -2.11. The summed E-state index contributed by atoms with van der Waals surface area (Å²) < 4.78 is 38.4. The van der Waals surface area contributed by atoms with E-state index in [-0.39, 0.29) is 21.7 Å². The topological polar surface area (TPSA) is 85.1 Å². The Kier molecular flexibility index (Phi) is 5.67. The third-order valence-electron chi connectivity index (χ3n) is 5.15. The van der Waals surface area contributed by atoms with Crippen molar-refractivity contribution in [3.8, 4) is 0 Å². The van der Waals surface area contributed by atoms with Crippen molar-refractivity contribution in [2.75, 3.05) is 11.1 Å². The molecule has 3 N–H and O–H groups in total. The van der Waals surface area contributed by atoms with E-state index in [9.17, 15) is 22.8 Å². The summed E-state index contributed by atoms with van der Waals surface area (Å²) in [6.45, 7) is 3.56. The number of aromatic nitrogens is 1. The molecule has 2 aromatic heterocycles. The van der Waals surface area contributed by atoms with E-state index in [0.717, 1.165) is 41.2 Å². The number of carbonyl (C=O) groups is 2. The molecular weight excluding hydrogens is 451 g/mol. The van der Waals surface area contributed by atoms with Crippen LogP contribution in [0.25, 0.3) is 10.2 Å². The molecule has 2 aromatic carbocycles. The second kappa shape index (κ2) is 8.32. The monoisotopic (exact) mass is 469 g/mol. The van der Waals surface area contributed by atoms with Gasteiger partial charge >= 0.3 is 6.18 Å². The number of halogens is 3. The minimum atomic E-state index is -4.49. The number of aryl methyl sites for hydroxylation is 2. The van der Waals surface area contributed by atoms with Gasteiger partial charge in [-0.25, -0.2) is 4.98 Å². The zero-order valence-corrected chi connectivity index (χ0v) is 18.4. The average molecular weight is 469 g/mol. The van der Waals surface area contributed by atoms with E-state index < -0.39 is 23.4 Å². The lowest BCUT2D eigenvalue weighted by molar-refractivity contribution is -0.137. The van der Waals surface area contributed by atoms with Crippen molar-refractivity contribution in [1.82, 2.24) is 4.98 Å². The average Bonchev–Trinajstić information content (AvgIpc) is 3.09. The number of thiophene rings is 1. The first-order valence-corrected chi connectivity index (χ1v) is 10.7. The van der Waals surface area contributed by atoms with Crippen molar-refractivity contribution in [3.05, 3.63) is 87.4 Å². The smallest absolute Gasteiger partial charge is 0.397 e. The van der Waals surface area contributed by atoms with Crippen LogP contribution in [-0.4, -0.2) is 16.7 Å². The Bertz CT molecular complexity index is 1380. The molecule has 168 valence electrons. The molecule has 4 aromatic rings. The highest BCUT2D eigenvalue weighted by Gasteiger charge is 2.30. The quantitative estimate of drug-likeness (QED) is 0.359. The molecule has 0 aliphatic heterocycles. The van der Waals surface area contributed by atoms with Crippen LogP contribution in [0.1, 0.15) is 42.4 Å². The number of rotatable bonds is 4. The van der Waals surface area contributed by atoms with Gasteiger partial charge in [-0.3, -0.25) is 9.59 Å². The fourth-order valence-corrected chi connectivity index (χ4v) is 4.34. The number of benzene rings is 2. The van der Waals surface area contributed by atoms with Gasteiger partial charge in [0, 0.05) is 22.2 Å². The van der Waals surface area contributed by atoms with Gasteiger partial charge in [0.15, 0.2) is 5.78 Å². The number of pyridine rings is 1. The first-order chi connectivity index (χ1) is 15.5. The highest BCUT2D eigenvalue weighted by molar-refractivity contribution is 7.21. The van der Waals surface area contributed by atoms with E-state index in [1.165, 1.54) is 6.07 Å². The summed E-state index contributed by atoms with van der Waals surface area (Å²) in [4.78, 5) is 30.9. The van der Waals surface area contributed by atoms with Crippen molar-refractivity contribution < 1.29 is 22.8 Å². The van der Waals surface area contributed by atoms with Crippen molar-refractivity contribution >= 4 is 44.6 Å². The molecule has 0 radical (unpaired) electrons. The molecule has 0 saturated heterocycles. The highest BCUT2D eigenvalue weighted by Crippen LogP contribution is 2.35. The Morgan fingerprint density at radius 3 is 2.24 bits per heavy atom. The molecule has 0 fully saturated rings. The minimum absolute atomic E-state index is 0.0957. The number of nitrogen functional groups attached to an aromatic ring is 1. The second-order valence-corrected chi connectivity index (χ2v) is 8.54. The molecular formula is C24H18F3N3O2S. The first kappa shape index (κ1) is 22.5. The summed E-state index contributed by atoms with van der Waals surface area (Å²) in [6, 6.07) is 12.8. The SMILES string of the molecule is Cc1ccc(NC(=O)c2sc3nc(C)c(C(=O)c4ccc(C(F)(F)F)cc4)cc3c2N)cc1. The normalized spacial score (nSPS) is 11.5. The number of hydrogen-bond acceptors (Lipinski definition) is 5. The van der Waals surface area contributed by atoms with Crippen LogP contribution < -0.4 is 11.1 Å². The van der Waals surface area contributed by atoms with Crippen LogP contribution in [0.5, 0.6) is 0 Å². The van der Waals surface area contributed by atoms with Crippen molar-refractivity contribution in [2.24, 2.45) is 0 Å². The number of fused-ring (bicyclic) bond motifs is 1. The van der Waals surface area contributed by atoms with E-state index in [2.05, 4.69) is 10.3 Å². The summed E-state index contributed by atoms with van der Waals surface area (Å²) in [7, 11) is 0. The number of nitrogens with zero attached hydrogens (tertiary/aromatic N) is 1. The van der Waals surface area contributed by atoms with Crippen molar-refractivity contribution in [1.29, 1.82) is 0 Å². The number of anilines is 2. The zero-order chi connectivity index (χ0) is 23.9. The first-order valence-electron chi connectivity index (χ1n) is 9.84. The lowest BCUT2D eigenvalue weighted by atomic mass is 10.00. The number of hydrogen-bond donors (Lipinski definition) is 2. The van der Waals surface area contributed by atoms with Gasteiger partial charge in [0.2, 0.25) is 0 Å². The Labute approximate surface area is 191 Å². The maximum atomic E-state index is 13.0. The third kappa shape index (κ3) is 4.45. The van der Waals surface area contributed by atoms with E-state index in [1.807, 2.05) is 19.1 Å². The number of alkyl halides is 3. The van der Waals surface area contributed by atoms with Crippen LogP contribution in [-0.2, 0) is 6.18 Å². The molecule has 9 heteroatoms. The molecule has 0 aliphatic carbocycles. The number of ketones is 1. The van der Waals surface area contributed by atoms with E-state index in [0.29, 0.717) is 21.6 Å². The fraction of sp³-hybridized carbons (Fsp3) is 0.125. The molecule has 0 bridgehead atoms. The molecule has 33 heavy (non-hydrogen) atoms. The predicted molar refractivity (Wildman–Crippen MR) is 123 cm³/mol. The number of nitrogens with one attached hydrogen (secondary N) is 1. The van der Waals surface area contributed by atoms with Crippen LogP contribution in [0.15, 0.2) is 54.6 Å². The van der Waals surface area contributed by atoms with Crippen LogP contribution in [0.4, 0.5) is 24.5 Å². The van der Waals surface area contributed by atoms with Crippen molar-refractivity contribution in [2.45, 2.75) is 20.0 Å². The second-order valence-electron chi connectivity index (χ2n) is 7.54. The summed E-state index contributed by atoms with van der Waals surface area (Å²) >= 11 is 1.11. The molecule has 0 aliphatic rings. The molecule has 0 spiro atoms. The van der Waals surface area contributed by atoms with Gasteiger partial charge in [-0.1, -0.05) is 29.8 Å². The zero-order valence-electron chi connectivity index (χ0n) is 17.6. The Balaban J connectivity index is 1.66. The van der Waals surface area contributed by atoms with E-state index >= 15 is 0 Å². The van der Waals surface area contributed by atoms with E-state index in [1.54, 1.807) is 19.1 Å². The molecule has 5 nitrogen and oxygen atoms in total. The standard InChI is InChI=1S/C24H18F3N3O2S/c1-12-3-9-16(10-4-12)30-22(32)21-19(28)18-11-17(13(2)29-23(18)33-21)20(31)14-5-7-15(8-6-14)24(25,26)27/h3-11H,28H2,1-2H3,(H,30,32). The maximum Gasteiger partial charge on any atom is 0.416 e. The maximum absolute atomic E-state index is 13.0. The van der Waals surface area contributed by atoms with Gasteiger partial charge in [-0.2, -0.15) is 13.2 Å². The fourth-order valence-electron chi connectivity index (χ4n) is 3.32. The van der Waals surface area contributed by atoms with Gasteiger partial charge in [-0.05, 0) is 44.2 Å². The minimum Gasteiger partial charge on any atom is -0.397 e. The summed E-state index contributed by atoms with van der Waals surface area (Å²) in [6.07, 6.45) is -4.49. The van der Waals surface area contributed by atoms with Gasteiger partial charge in [0.05, 0.1) is 16.9 Å². The van der Waals surface area contributed by atoms with Crippen LogP contribution in [0, 0.1) is 13.8 Å². The summed E-state index contributed by atoms with van der Waals surface area (Å²) in [5.74, 6) is -0.875. The van der Waals surface area contributed by atoms with E-state index in [4.69, 9.17) is 5.73 Å². The van der Waals surface area contributed by atoms with Gasteiger partial charge in [0.1, 0.15) is 9.71 Å². The number of amides is 1. The number of carbonyl (C=O) groups excluding carboxylic acids is 2. The van der Waals surface area contributed by atoms with Gasteiger partial charge in [0.25, 0.3) is 5.91 Å². The molecule has 0 unspecified atom stereocenters. The molecule has 4 rings (SSSR count). The summed E-state index contributed by atoms with van der Waals surface area (Å²) in [5.41, 5.74) is 7.93. The largest absolute Gasteiger partial charge is 0.416 e. The van der Waals surface area contributed by atoms with Crippen molar-refractivity contribution in [3.63, 3.8) is 0 Å². The number of nitrogens with two attached hydrogens (primary N) is 1. The Hall–Kier alpha value is -3.72. The molecule has 2 heterocycles. The Morgan fingerprint density at radius 1 is 1.00 bits per heavy atom. The summed E-state index contributed by atoms with van der Waals surface area (Å²) in [5, 5.41) is 3.23. The highest BCUT2D eigenvalue weighted by atomic mass is 32.1. The third-order valence-corrected chi connectivity index (χ3v) is 6.26. The Morgan fingerprint density at radius 2 is 1.64 bits per heavy atom. The van der Waals surface area contributed by atoms with Gasteiger partial charge < -0.3 is 11.1 Å². The van der Waals surface area contributed by atoms with Crippen LogP contribution in [0.2, 0.25) is 0 Å². The predicted octanol–water partition coefficient (Wildman–Crippen LogP) is 6.00. The molecule has 1 amide bonds. The van der Waals surface area contributed by atoms with Crippen LogP contribution >= 0.6 is 11.3 Å². The lowest BCUT2D eigenvalue weighted by Gasteiger charge is -2.08.